The van der Waals surface area contributed by atoms with Gasteiger partial charge in [-0.05, 0) is 43.6 Å². The highest BCUT2D eigenvalue weighted by Gasteiger charge is 2.22. The molecule has 0 saturated carbocycles. The smallest absolute Gasteiger partial charge is 0.220 e. The lowest BCUT2D eigenvalue weighted by Gasteiger charge is -2.30. The summed E-state index contributed by atoms with van der Waals surface area (Å²) >= 11 is 0. The zero-order valence-electron chi connectivity index (χ0n) is 12.0. The van der Waals surface area contributed by atoms with E-state index >= 15 is 0 Å². The van der Waals surface area contributed by atoms with Gasteiger partial charge in [-0.3, -0.25) is 9.69 Å². The van der Waals surface area contributed by atoms with Crippen molar-refractivity contribution >= 4 is 5.91 Å². The maximum absolute atomic E-state index is 11.2. The molecule has 1 amide bonds. The Morgan fingerprint density at radius 1 is 1.24 bits per heavy atom. The van der Waals surface area contributed by atoms with Gasteiger partial charge in [0.05, 0.1) is 6.33 Å². The first-order valence-corrected chi connectivity index (χ1v) is 7.31. The number of imidazole rings is 1. The highest BCUT2D eigenvalue weighted by molar-refractivity contribution is 5.76. The number of hydrogen-bond donors (Lipinski definition) is 1. The molecule has 0 bridgehead atoms. The number of piperidine rings is 1. The van der Waals surface area contributed by atoms with E-state index in [-0.39, 0.29) is 11.8 Å². The van der Waals surface area contributed by atoms with Gasteiger partial charge in [-0.2, -0.15) is 0 Å². The van der Waals surface area contributed by atoms with Gasteiger partial charge in [0.15, 0.2) is 0 Å². The van der Waals surface area contributed by atoms with E-state index in [4.69, 9.17) is 5.73 Å². The van der Waals surface area contributed by atoms with Crippen LogP contribution in [0.5, 0.6) is 0 Å². The van der Waals surface area contributed by atoms with Gasteiger partial charge in [-0.1, -0.05) is 12.1 Å². The Bertz CT molecular complexity index is 583. The van der Waals surface area contributed by atoms with Crippen LogP contribution in [0.15, 0.2) is 43.0 Å². The molecular formula is C16H20N4O. The van der Waals surface area contributed by atoms with Crippen LogP contribution in [0.25, 0.3) is 5.69 Å². The third-order valence-corrected chi connectivity index (χ3v) is 4.14. The number of carbonyl (C=O) groups excluding carboxylic acids is 1. The van der Waals surface area contributed by atoms with Crippen LogP contribution in [-0.4, -0.2) is 33.4 Å². The van der Waals surface area contributed by atoms with Crippen molar-refractivity contribution < 1.29 is 4.79 Å². The molecule has 0 aliphatic carbocycles. The molecule has 110 valence electrons. The maximum atomic E-state index is 11.2. The van der Waals surface area contributed by atoms with Crippen LogP contribution in [0.3, 0.4) is 0 Å². The van der Waals surface area contributed by atoms with E-state index in [9.17, 15) is 4.79 Å². The van der Waals surface area contributed by atoms with Crippen LogP contribution in [0.2, 0.25) is 0 Å². The summed E-state index contributed by atoms with van der Waals surface area (Å²) in [7, 11) is 0. The molecule has 2 heterocycles. The third kappa shape index (κ3) is 3.31. The van der Waals surface area contributed by atoms with Gasteiger partial charge >= 0.3 is 0 Å². The number of amides is 1. The predicted octanol–water partition coefficient (Wildman–Crippen LogP) is 1.57. The number of aromatic nitrogens is 2. The fourth-order valence-corrected chi connectivity index (χ4v) is 2.82. The molecule has 0 atom stereocenters. The summed E-state index contributed by atoms with van der Waals surface area (Å²) in [5, 5.41) is 0. The van der Waals surface area contributed by atoms with Crippen molar-refractivity contribution in [1.29, 1.82) is 0 Å². The third-order valence-electron chi connectivity index (χ3n) is 4.14. The minimum atomic E-state index is -0.153. The van der Waals surface area contributed by atoms with E-state index in [0.717, 1.165) is 38.2 Å². The van der Waals surface area contributed by atoms with Gasteiger partial charge in [0.2, 0.25) is 5.91 Å². The Labute approximate surface area is 124 Å². The highest BCUT2D eigenvalue weighted by Crippen LogP contribution is 2.19. The normalized spacial score (nSPS) is 17.0. The van der Waals surface area contributed by atoms with E-state index in [2.05, 4.69) is 34.1 Å². The molecule has 1 saturated heterocycles. The summed E-state index contributed by atoms with van der Waals surface area (Å²) in [5.41, 5.74) is 7.77. The summed E-state index contributed by atoms with van der Waals surface area (Å²) < 4.78 is 1.99. The Kier molecular flexibility index (Phi) is 4.01. The molecule has 1 aromatic heterocycles. The first-order valence-electron chi connectivity index (χ1n) is 7.31. The lowest BCUT2D eigenvalue weighted by molar-refractivity contribution is -0.123. The van der Waals surface area contributed by atoms with Crippen molar-refractivity contribution in [1.82, 2.24) is 14.5 Å². The van der Waals surface area contributed by atoms with Crippen LogP contribution in [0.1, 0.15) is 18.4 Å². The molecule has 0 spiro atoms. The van der Waals surface area contributed by atoms with E-state index in [1.165, 1.54) is 5.56 Å². The number of nitrogens with two attached hydrogens (primary N) is 1. The summed E-state index contributed by atoms with van der Waals surface area (Å²) in [5.74, 6) is -0.0933. The zero-order valence-corrected chi connectivity index (χ0v) is 12.0. The van der Waals surface area contributed by atoms with Crippen LogP contribution in [0.4, 0.5) is 0 Å². The van der Waals surface area contributed by atoms with Gasteiger partial charge < -0.3 is 10.3 Å². The number of primary amides is 1. The Balaban J connectivity index is 1.58. The monoisotopic (exact) mass is 284 g/mol. The lowest BCUT2D eigenvalue weighted by Crippen LogP contribution is -2.38. The largest absolute Gasteiger partial charge is 0.369 e. The highest BCUT2D eigenvalue weighted by atomic mass is 16.1. The molecule has 1 aliphatic heterocycles. The fraction of sp³-hybridized carbons (Fsp3) is 0.375. The number of hydrogen-bond acceptors (Lipinski definition) is 3. The lowest BCUT2D eigenvalue weighted by atomic mass is 9.96. The van der Waals surface area contributed by atoms with E-state index in [1.807, 2.05) is 10.8 Å². The molecule has 0 radical (unpaired) electrons. The first-order chi connectivity index (χ1) is 10.2. The van der Waals surface area contributed by atoms with E-state index in [0.29, 0.717) is 0 Å². The second-order valence-corrected chi connectivity index (χ2v) is 5.59. The van der Waals surface area contributed by atoms with Crippen LogP contribution < -0.4 is 5.73 Å². The van der Waals surface area contributed by atoms with Crippen molar-refractivity contribution in [2.45, 2.75) is 19.4 Å². The minimum absolute atomic E-state index is 0.0601. The topological polar surface area (TPSA) is 64.2 Å². The molecule has 2 aromatic rings. The summed E-state index contributed by atoms with van der Waals surface area (Å²) in [4.78, 5) is 17.6. The van der Waals surface area contributed by atoms with Crippen LogP contribution >= 0.6 is 0 Å². The molecule has 21 heavy (non-hydrogen) atoms. The van der Waals surface area contributed by atoms with E-state index in [1.54, 1.807) is 12.5 Å². The number of rotatable bonds is 4. The summed E-state index contributed by atoms with van der Waals surface area (Å²) in [6.45, 7) is 2.81. The summed E-state index contributed by atoms with van der Waals surface area (Å²) in [6, 6.07) is 8.51. The van der Waals surface area contributed by atoms with Crippen molar-refractivity contribution in [3.63, 3.8) is 0 Å². The number of benzene rings is 1. The second kappa shape index (κ2) is 6.10. The number of likely N-dealkylation sites (tertiary alicyclic amines) is 1. The van der Waals surface area contributed by atoms with Gasteiger partial charge in [0.25, 0.3) is 0 Å². The fourth-order valence-electron chi connectivity index (χ4n) is 2.82. The Morgan fingerprint density at radius 3 is 2.52 bits per heavy atom. The molecule has 5 nitrogen and oxygen atoms in total. The quantitative estimate of drug-likeness (QED) is 0.927. The van der Waals surface area contributed by atoms with Gasteiger partial charge in [0.1, 0.15) is 0 Å². The average molecular weight is 284 g/mol. The average Bonchev–Trinajstić information content (AvgIpc) is 3.03. The molecular weight excluding hydrogens is 264 g/mol. The molecule has 0 unspecified atom stereocenters. The van der Waals surface area contributed by atoms with Crippen molar-refractivity contribution in [3.8, 4) is 5.69 Å². The van der Waals surface area contributed by atoms with Crippen LogP contribution in [-0.2, 0) is 11.3 Å². The van der Waals surface area contributed by atoms with Crippen molar-refractivity contribution in [2.75, 3.05) is 13.1 Å². The maximum Gasteiger partial charge on any atom is 0.220 e. The number of carbonyl (C=O) groups is 1. The predicted molar refractivity (Wildman–Crippen MR) is 80.8 cm³/mol. The molecule has 2 N–H and O–H groups in total. The van der Waals surface area contributed by atoms with Crippen molar-refractivity contribution in [3.05, 3.63) is 48.5 Å². The Morgan fingerprint density at radius 2 is 1.95 bits per heavy atom. The SMILES string of the molecule is NC(=O)C1CCN(Cc2ccc(-n3ccnc3)cc2)CC1. The zero-order chi connectivity index (χ0) is 14.7. The van der Waals surface area contributed by atoms with Gasteiger partial charge in [-0.15, -0.1) is 0 Å². The molecule has 1 fully saturated rings. The van der Waals surface area contributed by atoms with Crippen LogP contribution in [0, 0.1) is 5.92 Å². The molecule has 1 aliphatic rings. The molecule has 1 aromatic carbocycles. The van der Waals surface area contributed by atoms with E-state index < -0.39 is 0 Å². The second-order valence-electron chi connectivity index (χ2n) is 5.59. The number of nitrogens with zero attached hydrogens (tertiary/aromatic N) is 3. The first kappa shape index (κ1) is 13.8. The van der Waals surface area contributed by atoms with Gasteiger partial charge in [-0.25, -0.2) is 4.98 Å². The Hall–Kier alpha value is -2.14. The molecule has 3 rings (SSSR count). The van der Waals surface area contributed by atoms with Crippen molar-refractivity contribution in [2.24, 2.45) is 11.7 Å². The standard InChI is InChI=1S/C16H20N4O/c17-16(21)14-5-8-19(9-6-14)11-13-1-3-15(4-2-13)20-10-7-18-12-20/h1-4,7,10,12,14H,5-6,8-9,11H2,(H2,17,21). The van der Waals surface area contributed by atoms with Gasteiger partial charge in [0, 0.05) is 30.5 Å². The minimum Gasteiger partial charge on any atom is -0.369 e. The summed E-state index contributed by atoms with van der Waals surface area (Å²) in [6.07, 6.45) is 7.26. The molecule has 5 heteroatoms.